The number of aromatic nitrogens is 1. The minimum absolute atomic E-state index is 0.334. The van der Waals surface area contributed by atoms with Crippen molar-refractivity contribution in [2.75, 3.05) is 19.0 Å². The van der Waals surface area contributed by atoms with E-state index >= 15 is 0 Å². The fraction of sp³-hybridized carbons (Fsp3) is 0.0800. The van der Waals surface area contributed by atoms with Crippen LogP contribution in [0.2, 0.25) is 5.02 Å². The zero-order valence-corrected chi connectivity index (χ0v) is 17.9. The summed E-state index contributed by atoms with van der Waals surface area (Å²) in [7, 11) is 1.60. The van der Waals surface area contributed by atoms with E-state index in [4.69, 9.17) is 21.1 Å². The van der Waals surface area contributed by atoms with Crippen LogP contribution in [0.4, 0.5) is 5.69 Å². The number of nitrogens with zero attached hydrogens (tertiary/aromatic N) is 1. The minimum atomic E-state index is -0.607. The van der Waals surface area contributed by atoms with Crippen molar-refractivity contribution in [2.45, 2.75) is 0 Å². The molecule has 0 radical (unpaired) electrons. The van der Waals surface area contributed by atoms with Gasteiger partial charge in [-0.2, -0.15) is 0 Å². The molecule has 0 saturated heterocycles. The number of anilines is 1. The van der Waals surface area contributed by atoms with Gasteiger partial charge in [0.05, 0.1) is 23.9 Å². The predicted octanol–water partition coefficient (Wildman–Crippen LogP) is 5.36. The second-order valence-electron chi connectivity index (χ2n) is 6.93. The first-order valence-corrected chi connectivity index (χ1v) is 10.2. The first kappa shape index (κ1) is 21.3. The van der Waals surface area contributed by atoms with E-state index in [0.29, 0.717) is 32.9 Å². The number of para-hydroxylation sites is 1. The van der Waals surface area contributed by atoms with Crippen LogP contribution >= 0.6 is 11.6 Å². The Morgan fingerprint density at radius 1 is 0.969 bits per heavy atom. The number of carbonyl (C=O) groups excluding carboxylic acids is 2. The Bertz CT molecular complexity index is 1270. The second kappa shape index (κ2) is 9.49. The van der Waals surface area contributed by atoms with Gasteiger partial charge in [-0.05, 0) is 60.7 Å². The van der Waals surface area contributed by atoms with Gasteiger partial charge in [0.15, 0.2) is 6.61 Å². The number of methoxy groups -OCH3 is 1. The van der Waals surface area contributed by atoms with Crippen LogP contribution in [-0.2, 0) is 9.53 Å². The first-order chi connectivity index (χ1) is 15.5. The van der Waals surface area contributed by atoms with Crippen molar-refractivity contribution >= 4 is 40.1 Å². The van der Waals surface area contributed by atoms with E-state index < -0.39 is 18.5 Å². The summed E-state index contributed by atoms with van der Waals surface area (Å²) in [5, 5.41) is 3.87. The van der Waals surface area contributed by atoms with Gasteiger partial charge < -0.3 is 14.8 Å². The fourth-order valence-electron chi connectivity index (χ4n) is 3.19. The summed E-state index contributed by atoms with van der Waals surface area (Å²) in [6.07, 6.45) is 0. The molecular formula is C25H19ClN2O4. The molecule has 0 aliphatic heterocycles. The van der Waals surface area contributed by atoms with Crippen molar-refractivity contribution in [3.8, 4) is 17.0 Å². The summed E-state index contributed by atoms with van der Waals surface area (Å²) in [4.78, 5) is 29.7. The molecule has 0 spiro atoms. The van der Waals surface area contributed by atoms with E-state index in [2.05, 4.69) is 10.3 Å². The average molecular weight is 447 g/mol. The highest BCUT2D eigenvalue weighted by Crippen LogP contribution is 2.27. The van der Waals surface area contributed by atoms with Gasteiger partial charge in [-0.25, -0.2) is 9.78 Å². The molecule has 1 amide bonds. The molecule has 1 N–H and O–H groups in total. The highest BCUT2D eigenvalue weighted by Gasteiger charge is 2.17. The quantitative estimate of drug-likeness (QED) is 0.403. The summed E-state index contributed by atoms with van der Waals surface area (Å²) >= 11 is 5.85. The molecule has 0 atom stereocenters. The van der Waals surface area contributed by atoms with E-state index in [-0.39, 0.29) is 0 Å². The van der Waals surface area contributed by atoms with Gasteiger partial charge in [0, 0.05) is 21.7 Å². The molecule has 0 bridgehead atoms. The smallest absolute Gasteiger partial charge is 0.339 e. The average Bonchev–Trinajstić information content (AvgIpc) is 2.83. The lowest BCUT2D eigenvalue weighted by molar-refractivity contribution is -0.119. The van der Waals surface area contributed by atoms with Gasteiger partial charge in [0.25, 0.3) is 5.91 Å². The number of fused-ring (bicyclic) bond motifs is 1. The van der Waals surface area contributed by atoms with Crippen LogP contribution in [0, 0.1) is 0 Å². The van der Waals surface area contributed by atoms with E-state index in [0.717, 1.165) is 11.3 Å². The maximum absolute atomic E-state index is 12.9. The van der Waals surface area contributed by atoms with Crippen molar-refractivity contribution in [1.29, 1.82) is 0 Å². The van der Waals surface area contributed by atoms with Crippen molar-refractivity contribution in [2.24, 2.45) is 0 Å². The number of benzene rings is 3. The highest BCUT2D eigenvalue weighted by molar-refractivity contribution is 6.30. The van der Waals surface area contributed by atoms with Crippen LogP contribution in [-0.4, -0.2) is 30.6 Å². The van der Waals surface area contributed by atoms with Crippen molar-refractivity contribution < 1.29 is 19.1 Å². The van der Waals surface area contributed by atoms with E-state index in [1.54, 1.807) is 43.5 Å². The molecule has 0 aliphatic carbocycles. The Kier molecular flexibility index (Phi) is 6.33. The summed E-state index contributed by atoms with van der Waals surface area (Å²) in [6, 6.07) is 23.0. The lowest BCUT2D eigenvalue weighted by Gasteiger charge is -2.11. The van der Waals surface area contributed by atoms with Gasteiger partial charge >= 0.3 is 5.97 Å². The zero-order chi connectivity index (χ0) is 22.5. The highest BCUT2D eigenvalue weighted by atomic mass is 35.5. The lowest BCUT2D eigenvalue weighted by atomic mass is 10.0. The molecule has 0 saturated carbocycles. The number of amides is 1. The molecule has 4 aromatic rings. The number of carbonyl (C=O) groups is 2. The van der Waals surface area contributed by atoms with Crippen molar-refractivity contribution in [1.82, 2.24) is 4.98 Å². The third-order valence-electron chi connectivity index (χ3n) is 4.78. The monoisotopic (exact) mass is 446 g/mol. The Labute approximate surface area is 189 Å². The molecule has 3 aromatic carbocycles. The predicted molar refractivity (Wildman–Crippen MR) is 124 cm³/mol. The normalized spacial score (nSPS) is 10.6. The molecule has 160 valence electrons. The first-order valence-electron chi connectivity index (χ1n) is 9.80. The molecule has 6 nitrogen and oxygen atoms in total. The number of ether oxygens (including phenoxy) is 2. The Morgan fingerprint density at radius 3 is 2.41 bits per heavy atom. The van der Waals surface area contributed by atoms with Crippen LogP contribution in [0.1, 0.15) is 10.4 Å². The second-order valence-corrected chi connectivity index (χ2v) is 7.37. The largest absolute Gasteiger partial charge is 0.497 e. The van der Waals surface area contributed by atoms with E-state index in [1.807, 2.05) is 42.5 Å². The molecule has 0 unspecified atom stereocenters. The number of halogens is 1. The topological polar surface area (TPSA) is 77.5 Å². The minimum Gasteiger partial charge on any atom is -0.497 e. The molecule has 32 heavy (non-hydrogen) atoms. The van der Waals surface area contributed by atoms with Gasteiger partial charge in [-0.1, -0.05) is 29.8 Å². The van der Waals surface area contributed by atoms with Gasteiger partial charge in [0.2, 0.25) is 0 Å². The number of esters is 1. The molecule has 4 rings (SSSR count). The molecule has 7 heteroatoms. The number of hydrogen-bond donors (Lipinski definition) is 1. The van der Waals surface area contributed by atoms with Crippen LogP contribution in [0.15, 0.2) is 78.9 Å². The van der Waals surface area contributed by atoms with Crippen LogP contribution < -0.4 is 10.1 Å². The van der Waals surface area contributed by atoms with Crippen LogP contribution in [0.25, 0.3) is 22.2 Å². The molecular weight excluding hydrogens is 428 g/mol. The van der Waals surface area contributed by atoms with E-state index in [1.165, 1.54) is 0 Å². The summed E-state index contributed by atoms with van der Waals surface area (Å²) in [5.41, 5.74) is 2.99. The standard InChI is InChI=1S/C25H19ClN2O4/c1-31-19-12-6-16(7-13-19)23-14-21(20-4-2-3-5-22(20)28-23)25(30)32-15-24(29)27-18-10-8-17(26)9-11-18/h2-14H,15H2,1H3,(H,27,29). The SMILES string of the molecule is COc1ccc(-c2cc(C(=O)OCC(=O)Nc3ccc(Cl)cc3)c3ccccc3n2)cc1. The fourth-order valence-corrected chi connectivity index (χ4v) is 3.32. The Balaban J connectivity index is 1.55. The number of hydrogen-bond acceptors (Lipinski definition) is 5. The van der Waals surface area contributed by atoms with Gasteiger partial charge in [-0.3, -0.25) is 4.79 Å². The van der Waals surface area contributed by atoms with Crippen molar-refractivity contribution in [3.63, 3.8) is 0 Å². The van der Waals surface area contributed by atoms with Crippen LogP contribution in [0.5, 0.6) is 5.75 Å². The molecule has 1 heterocycles. The maximum atomic E-state index is 12.9. The molecule has 0 aliphatic rings. The summed E-state index contributed by atoms with van der Waals surface area (Å²) in [6.45, 7) is -0.421. The Hall–Kier alpha value is -3.90. The van der Waals surface area contributed by atoms with Crippen LogP contribution in [0.3, 0.4) is 0 Å². The maximum Gasteiger partial charge on any atom is 0.339 e. The zero-order valence-electron chi connectivity index (χ0n) is 17.2. The van der Waals surface area contributed by atoms with E-state index in [9.17, 15) is 9.59 Å². The molecule has 0 fully saturated rings. The van der Waals surface area contributed by atoms with Gasteiger partial charge in [0.1, 0.15) is 5.75 Å². The lowest BCUT2D eigenvalue weighted by Crippen LogP contribution is -2.21. The number of pyridine rings is 1. The number of nitrogens with one attached hydrogen (secondary N) is 1. The summed E-state index contributed by atoms with van der Waals surface area (Å²) in [5.74, 6) is -0.333. The Morgan fingerprint density at radius 2 is 1.69 bits per heavy atom. The number of rotatable bonds is 6. The summed E-state index contributed by atoms with van der Waals surface area (Å²) < 4.78 is 10.5. The third-order valence-corrected chi connectivity index (χ3v) is 5.04. The molecule has 1 aromatic heterocycles. The van der Waals surface area contributed by atoms with Crippen molar-refractivity contribution in [3.05, 3.63) is 89.4 Å². The van der Waals surface area contributed by atoms with Gasteiger partial charge in [-0.15, -0.1) is 0 Å². The third kappa shape index (κ3) is 4.87.